The highest BCUT2D eigenvalue weighted by Crippen LogP contribution is 2.23. The van der Waals surface area contributed by atoms with Crippen molar-refractivity contribution in [3.05, 3.63) is 41.5 Å². The standard InChI is InChI=1S/C16H23FN6/c1-3-15(22-10-8-21(2)9-11-22)16-18-19-20-23(16)12-13-4-6-14(17)7-5-13/h4-7,15H,3,8-12H2,1-2H3/t15-/m0/s1. The largest absolute Gasteiger partial charge is 0.304 e. The Morgan fingerprint density at radius 1 is 1.13 bits per heavy atom. The van der Waals surface area contributed by atoms with Gasteiger partial charge >= 0.3 is 0 Å². The summed E-state index contributed by atoms with van der Waals surface area (Å²) in [5.41, 5.74) is 0.994. The van der Waals surface area contributed by atoms with Crippen LogP contribution in [0.2, 0.25) is 0 Å². The molecular weight excluding hydrogens is 295 g/mol. The van der Waals surface area contributed by atoms with Crippen molar-refractivity contribution in [3.63, 3.8) is 0 Å². The number of hydrogen-bond acceptors (Lipinski definition) is 5. The van der Waals surface area contributed by atoms with Crippen LogP contribution >= 0.6 is 0 Å². The second-order valence-electron chi connectivity index (χ2n) is 6.08. The molecule has 2 heterocycles. The van der Waals surface area contributed by atoms with Crippen molar-refractivity contribution in [1.29, 1.82) is 0 Å². The van der Waals surface area contributed by atoms with E-state index in [1.165, 1.54) is 12.1 Å². The van der Waals surface area contributed by atoms with Gasteiger partial charge in [0.1, 0.15) is 5.82 Å². The highest BCUT2D eigenvalue weighted by molar-refractivity contribution is 5.16. The van der Waals surface area contributed by atoms with Gasteiger partial charge in [0.05, 0.1) is 12.6 Å². The average Bonchev–Trinajstić information content (AvgIpc) is 3.00. The van der Waals surface area contributed by atoms with Gasteiger partial charge in [-0.15, -0.1) is 5.10 Å². The molecule has 0 bridgehead atoms. The summed E-state index contributed by atoms with van der Waals surface area (Å²) in [4.78, 5) is 4.79. The molecule has 1 atom stereocenters. The second-order valence-corrected chi connectivity index (χ2v) is 6.08. The number of nitrogens with zero attached hydrogens (tertiary/aromatic N) is 6. The molecule has 1 aromatic carbocycles. The Morgan fingerprint density at radius 2 is 1.83 bits per heavy atom. The molecule has 1 aromatic heterocycles. The highest BCUT2D eigenvalue weighted by atomic mass is 19.1. The molecule has 7 heteroatoms. The molecule has 0 N–H and O–H groups in total. The highest BCUT2D eigenvalue weighted by Gasteiger charge is 2.26. The van der Waals surface area contributed by atoms with Crippen molar-refractivity contribution in [1.82, 2.24) is 30.0 Å². The zero-order chi connectivity index (χ0) is 16.2. The predicted octanol–water partition coefficient (Wildman–Crippen LogP) is 1.56. The van der Waals surface area contributed by atoms with Crippen molar-refractivity contribution in [2.75, 3.05) is 33.2 Å². The minimum atomic E-state index is -0.227. The van der Waals surface area contributed by atoms with Crippen LogP contribution in [0.5, 0.6) is 0 Å². The first-order valence-electron chi connectivity index (χ1n) is 8.10. The summed E-state index contributed by atoms with van der Waals surface area (Å²) in [5.74, 6) is 0.663. The second kappa shape index (κ2) is 7.14. The molecular formula is C16H23FN6. The van der Waals surface area contributed by atoms with E-state index >= 15 is 0 Å². The number of piperazine rings is 1. The molecule has 0 aliphatic carbocycles. The monoisotopic (exact) mass is 318 g/mol. The molecule has 0 amide bonds. The Bertz CT molecular complexity index is 618. The van der Waals surface area contributed by atoms with Crippen LogP contribution in [0.25, 0.3) is 0 Å². The van der Waals surface area contributed by atoms with E-state index in [2.05, 4.69) is 39.3 Å². The normalized spacial score (nSPS) is 18.2. The number of tetrazole rings is 1. The van der Waals surface area contributed by atoms with Gasteiger partial charge in [0.2, 0.25) is 0 Å². The first kappa shape index (κ1) is 16.0. The first-order valence-corrected chi connectivity index (χ1v) is 8.10. The lowest BCUT2D eigenvalue weighted by molar-refractivity contribution is 0.103. The molecule has 1 aliphatic rings. The summed E-state index contributed by atoms with van der Waals surface area (Å²) >= 11 is 0. The number of aromatic nitrogens is 4. The van der Waals surface area contributed by atoms with Crippen LogP contribution in [0, 0.1) is 5.82 Å². The van der Waals surface area contributed by atoms with Crippen molar-refractivity contribution < 1.29 is 4.39 Å². The van der Waals surface area contributed by atoms with E-state index in [9.17, 15) is 4.39 Å². The molecule has 1 aliphatic heterocycles. The van der Waals surface area contributed by atoms with E-state index in [0.29, 0.717) is 6.54 Å². The minimum absolute atomic E-state index is 0.221. The summed E-state index contributed by atoms with van der Waals surface area (Å²) in [6, 6.07) is 6.71. The van der Waals surface area contributed by atoms with Crippen LogP contribution in [0.4, 0.5) is 4.39 Å². The molecule has 124 valence electrons. The molecule has 3 rings (SSSR count). The predicted molar refractivity (Wildman–Crippen MR) is 85.4 cm³/mol. The Balaban J connectivity index is 1.76. The molecule has 1 saturated heterocycles. The minimum Gasteiger partial charge on any atom is -0.304 e. The van der Waals surface area contributed by atoms with Crippen molar-refractivity contribution >= 4 is 0 Å². The van der Waals surface area contributed by atoms with Gasteiger partial charge in [0.15, 0.2) is 5.82 Å². The van der Waals surface area contributed by atoms with Gasteiger partial charge in [-0.25, -0.2) is 9.07 Å². The molecule has 0 radical (unpaired) electrons. The zero-order valence-corrected chi connectivity index (χ0v) is 13.7. The lowest BCUT2D eigenvalue weighted by Crippen LogP contribution is -2.46. The maximum atomic E-state index is 13.0. The van der Waals surface area contributed by atoms with E-state index in [0.717, 1.165) is 44.0 Å². The van der Waals surface area contributed by atoms with Crippen molar-refractivity contribution in [2.45, 2.75) is 25.9 Å². The van der Waals surface area contributed by atoms with Crippen LogP contribution in [0.15, 0.2) is 24.3 Å². The van der Waals surface area contributed by atoms with E-state index in [4.69, 9.17) is 0 Å². The molecule has 0 spiro atoms. The number of benzene rings is 1. The Labute approximate surface area is 135 Å². The van der Waals surface area contributed by atoms with Gasteiger partial charge in [-0.05, 0) is 41.6 Å². The number of hydrogen-bond donors (Lipinski definition) is 0. The van der Waals surface area contributed by atoms with Crippen molar-refractivity contribution in [2.24, 2.45) is 0 Å². The lowest BCUT2D eigenvalue weighted by atomic mass is 10.1. The van der Waals surface area contributed by atoms with Crippen LogP contribution in [0.1, 0.15) is 30.8 Å². The van der Waals surface area contributed by atoms with Gasteiger partial charge in [0.25, 0.3) is 0 Å². The summed E-state index contributed by atoms with van der Waals surface area (Å²) < 4.78 is 14.9. The third kappa shape index (κ3) is 3.73. The van der Waals surface area contributed by atoms with Crippen LogP contribution in [-0.4, -0.2) is 63.2 Å². The molecule has 0 saturated carbocycles. The molecule has 23 heavy (non-hydrogen) atoms. The fourth-order valence-corrected chi connectivity index (χ4v) is 3.06. The third-order valence-electron chi connectivity index (χ3n) is 4.47. The Morgan fingerprint density at radius 3 is 2.48 bits per heavy atom. The zero-order valence-electron chi connectivity index (χ0n) is 13.7. The average molecular weight is 318 g/mol. The third-order valence-corrected chi connectivity index (χ3v) is 4.47. The maximum absolute atomic E-state index is 13.0. The van der Waals surface area contributed by atoms with E-state index in [-0.39, 0.29) is 11.9 Å². The first-order chi connectivity index (χ1) is 11.2. The Hall–Kier alpha value is -1.86. The molecule has 1 fully saturated rings. The lowest BCUT2D eigenvalue weighted by Gasteiger charge is -2.36. The fourth-order valence-electron chi connectivity index (χ4n) is 3.06. The fraction of sp³-hybridized carbons (Fsp3) is 0.562. The van der Waals surface area contributed by atoms with Crippen LogP contribution in [-0.2, 0) is 6.54 Å². The molecule has 0 unspecified atom stereocenters. The van der Waals surface area contributed by atoms with E-state index in [1.54, 1.807) is 12.1 Å². The Kier molecular flexibility index (Phi) is 4.97. The van der Waals surface area contributed by atoms with Crippen LogP contribution < -0.4 is 0 Å². The van der Waals surface area contributed by atoms with Gasteiger partial charge in [-0.2, -0.15) is 0 Å². The van der Waals surface area contributed by atoms with Gasteiger partial charge < -0.3 is 4.90 Å². The summed E-state index contributed by atoms with van der Waals surface area (Å²) in [7, 11) is 2.15. The number of halogens is 1. The number of likely N-dealkylation sites (N-methyl/N-ethyl adjacent to an activating group) is 1. The SMILES string of the molecule is CC[C@@H](c1nnnn1Cc1ccc(F)cc1)N1CCN(C)CC1. The van der Waals surface area contributed by atoms with E-state index < -0.39 is 0 Å². The number of rotatable bonds is 5. The van der Waals surface area contributed by atoms with Gasteiger partial charge in [0, 0.05) is 26.2 Å². The van der Waals surface area contributed by atoms with Crippen molar-refractivity contribution in [3.8, 4) is 0 Å². The summed E-state index contributed by atoms with van der Waals surface area (Å²) in [6.07, 6.45) is 0.966. The molecule has 6 nitrogen and oxygen atoms in total. The topological polar surface area (TPSA) is 50.1 Å². The van der Waals surface area contributed by atoms with Gasteiger partial charge in [-0.1, -0.05) is 19.1 Å². The van der Waals surface area contributed by atoms with Gasteiger partial charge in [-0.3, -0.25) is 4.90 Å². The summed E-state index contributed by atoms with van der Waals surface area (Å²) in [6.45, 7) is 6.91. The molecule has 2 aromatic rings. The summed E-state index contributed by atoms with van der Waals surface area (Å²) in [5, 5.41) is 12.3. The maximum Gasteiger partial charge on any atom is 0.168 e. The van der Waals surface area contributed by atoms with Crippen LogP contribution in [0.3, 0.4) is 0 Å². The smallest absolute Gasteiger partial charge is 0.168 e. The van der Waals surface area contributed by atoms with E-state index in [1.807, 2.05) is 4.68 Å². The quantitative estimate of drug-likeness (QED) is 0.837.